The maximum atomic E-state index is 13.0. The Labute approximate surface area is 200 Å². The highest BCUT2D eigenvalue weighted by Crippen LogP contribution is 2.31. The Kier molecular flexibility index (Phi) is 9.98. The van der Waals surface area contributed by atoms with Crippen LogP contribution in [0, 0.1) is 18.2 Å². The molecule has 8 heteroatoms. The molecule has 0 saturated carbocycles. The first-order valence-corrected chi connectivity index (χ1v) is 10.2. The van der Waals surface area contributed by atoms with Gasteiger partial charge in [-0.05, 0) is 61.2 Å². The van der Waals surface area contributed by atoms with E-state index in [-0.39, 0.29) is 41.8 Å². The number of halogens is 2. The smallest absolute Gasteiger partial charge is 0.191 e. The van der Waals surface area contributed by atoms with Crippen molar-refractivity contribution < 1.29 is 19.0 Å². The van der Waals surface area contributed by atoms with Gasteiger partial charge in [0, 0.05) is 38.8 Å². The van der Waals surface area contributed by atoms with E-state index < -0.39 is 0 Å². The summed E-state index contributed by atoms with van der Waals surface area (Å²) in [5.74, 6) is 1.76. The quantitative estimate of drug-likeness (QED) is 0.267. The SMILES string of the molecule is CN=C(NCc1ccc(Oc2ccc(F)cc2)c(C)c1)NCC1(CCO)CCOC1.I. The van der Waals surface area contributed by atoms with Crippen LogP contribution in [0.5, 0.6) is 11.5 Å². The largest absolute Gasteiger partial charge is 0.457 e. The van der Waals surface area contributed by atoms with Crippen molar-refractivity contribution in [3.8, 4) is 11.5 Å². The third-order valence-electron chi connectivity index (χ3n) is 5.42. The van der Waals surface area contributed by atoms with Gasteiger partial charge in [-0.3, -0.25) is 4.99 Å². The number of aliphatic hydroxyl groups excluding tert-OH is 1. The highest BCUT2D eigenvalue weighted by atomic mass is 127. The molecule has 1 aliphatic heterocycles. The number of guanidine groups is 1. The van der Waals surface area contributed by atoms with E-state index in [4.69, 9.17) is 9.47 Å². The lowest BCUT2D eigenvalue weighted by Crippen LogP contribution is -2.44. The van der Waals surface area contributed by atoms with Gasteiger partial charge in [0.05, 0.1) is 6.61 Å². The van der Waals surface area contributed by atoms with Gasteiger partial charge < -0.3 is 25.2 Å². The average Bonchev–Trinajstić information content (AvgIpc) is 3.20. The molecule has 3 N–H and O–H groups in total. The highest BCUT2D eigenvalue weighted by Gasteiger charge is 2.34. The van der Waals surface area contributed by atoms with E-state index in [1.165, 1.54) is 12.1 Å². The van der Waals surface area contributed by atoms with Crippen LogP contribution in [-0.4, -0.2) is 44.5 Å². The summed E-state index contributed by atoms with van der Waals surface area (Å²) in [6.07, 6.45) is 1.65. The van der Waals surface area contributed by atoms with Crippen LogP contribution in [0.4, 0.5) is 4.39 Å². The summed E-state index contributed by atoms with van der Waals surface area (Å²) in [6, 6.07) is 11.9. The van der Waals surface area contributed by atoms with E-state index in [9.17, 15) is 9.50 Å². The maximum Gasteiger partial charge on any atom is 0.191 e. The van der Waals surface area contributed by atoms with Crippen molar-refractivity contribution >= 4 is 29.9 Å². The third kappa shape index (κ3) is 7.33. The van der Waals surface area contributed by atoms with Crippen LogP contribution in [0.25, 0.3) is 0 Å². The topological polar surface area (TPSA) is 75.1 Å². The Morgan fingerprint density at radius 2 is 2.00 bits per heavy atom. The fourth-order valence-corrected chi connectivity index (χ4v) is 3.55. The summed E-state index contributed by atoms with van der Waals surface area (Å²) in [4.78, 5) is 4.29. The minimum atomic E-state index is -0.287. The summed E-state index contributed by atoms with van der Waals surface area (Å²) < 4.78 is 24.4. The van der Waals surface area contributed by atoms with Gasteiger partial charge in [-0.15, -0.1) is 24.0 Å². The fourth-order valence-electron chi connectivity index (χ4n) is 3.55. The van der Waals surface area contributed by atoms with E-state index in [0.717, 1.165) is 29.9 Å². The van der Waals surface area contributed by atoms with Crippen LogP contribution in [0.2, 0.25) is 0 Å². The molecule has 1 heterocycles. The maximum absolute atomic E-state index is 13.0. The number of aliphatic imine (C=N–C) groups is 1. The molecule has 1 saturated heterocycles. The van der Waals surface area contributed by atoms with Gasteiger partial charge in [0.15, 0.2) is 5.96 Å². The number of ether oxygens (including phenoxy) is 2. The first-order valence-electron chi connectivity index (χ1n) is 10.2. The van der Waals surface area contributed by atoms with Gasteiger partial charge in [0.25, 0.3) is 0 Å². The van der Waals surface area contributed by atoms with Crippen molar-refractivity contribution in [3.05, 3.63) is 59.4 Å². The Bertz CT molecular complexity index is 856. The molecular weight excluding hydrogens is 512 g/mol. The number of benzene rings is 2. The Balaban J connectivity index is 0.00000341. The number of rotatable bonds is 8. The number of nitrogens with zero attached hydrogens (tertiary/aromatic N) is 1. The van der Waals surface area contributed by atoms with Crippen molar-refractivity contribution in [2.24, 2.45) is 10.4 Å². The molecule has 0 bridgehead atoms. The summed E-state index contributed by atoms with van der Waals surface area (Å²) in [6.45, 7) is 4.85. The molecule has 1 aliphatic rings. The van der Waals surface area contributed by atoms with Crippen molar-refractivity contribution in [1.29, 1.82) is 0 Å². The number of aryl methyl sites for hydroxylation is 1. The number of hydrogen-bond acceptors (Lipinski definition) is 4. The van der Waals surface area contributed by atoms with Crippen molar-refractivity contribution in [3.63, 3.8) is 0 Å². The van der Waals surface area contributed by atoms with Crippen LogP contribution in [0.1, 0.15) is 24.0 Å². The molecule has 0 spiro atoms. The van der Waals surface area contributed by atoms with E-state index in [2.05, 4.69) is 21.7 Å². The molecule has 1 fully saturated rings. The zero-order valence-corrected chi connectivity index (χ0v) is 20.3. The van der Waals surface area contributed by atoms with E-state index >= 15 is 0 Å². The molecule has 0 radical (unpaired) electrons. The lowest BCUT2D eigenvalue weighted by atomic mass is 9.84. The summed E-state index contributed by atoms with van der Waals surface area (Å²) in [5.41, 5.74) is 2.05. The third-order valence-corrected chi connectivity index (χ3v) is 5.42. The Morgan fingerprint density at radius 1 is 1.23 bits per heavy atom. The second kappa shape index (κ2) is 12.2. The molecule has 0 aromatic heterocycles. The number of aliphatic hydroxyl groups is 1. The Hall–Kier alpha value is -1.91. The molecule has 0 aliphatic carbocycles. The molecule has 2 aromatic rings. The van der Waals surface area contributed by atoms with Crippen molar-refractivity contribution in [2.45, 2.75) is 26.3 Å². The van der Waals surface area contributed by atoms with Crippen LogP contribution < -0.4 is 15.4 Å². The van der Waals surface area contributed by atoms with Crippen LogP contribution in [-0.2, 0) is 11.3 Å². The predicted molar refractivity (Wildman–Crippen MR) is 131 cm³/mol. The van der Waals surface area contributed by atoms with Gasteiger partial charge >= 0.3 is 0 Å². The summed E-state index contributed by atoms with van der Waals surface area (Å²) in [5, 5.41) is 16.1. The minimum Gasteiger partial charge on any atom is -0.457 e. The lowest BCUT2D eigenvalue weighted by molar-refractivity contribution is 0.127. The van der Waals surface area contributed by atoms with E-state index in [1.807, 2.05) is 19.1 Å². The monoisotopic (exact) mass is 543 g/mol. The molecule has 1 unspecified atom stereocenters. The molecule has 170 valence electrons. The fraction of sp³-hybridized carbons (Fsp3) is 0.435. The Morgan fingerprint density at radius 3 is 2.61 bits per heavy atom. The molecule has 31 heavy (non-hydrogen) atoms. The molecule has 3 rings (SSSR count). The van der Waals surface area contributed by atoms with E-state index in [0.29, 0.717) is 37.8 Å². The number of nitrogens with one attached hydrogen (secondary N) is 2. The van der Waals surface area contributed by atoms with Crippen molar-refractivity contribution in [1.82, 2.24) is 10.6 Å². The second-order valence-corrected chi connectivity index (χ2v) is 7.71. The summed E-state index contributed by atoms with van der Waals surface area (Å²) >= 11 is 0. The zero-order chi connectivity index (χ0) is 21.4. The standard InChI is InChI=1S/C23H30FN3O3.HI/c1-17-13-18(3-8-21(17)30-20-6-4-19(24)5-7-20)14-26-22(25-2)27-15-23(9-11-28)10-12-29-16-23;/h3-8,13,28H,9-12,14-16H2,1-2H3,(H2,25,26,27);1H. The van der Waals surface area contributed by atoms with Crippen molar-refractivity contribution in [2.75, 3.05) is 33.4 Å². The van der Waals surface area contributed by atoms with Gasteiger partial charge in [-0.1, -0.05) is 12.1 Å². The highest BCUT2D eigenvalue weighted by molar-refractivity contribution is 14.0. The zero-order valence-electron chi connectivity index (χ0n) is 18.0. The number of hydrogen-bond donors (Lipinski definition) is 3. The second-order valence-electron chi connectivity index (χ2n) is 7.71. The minimum absolute atomic E-state index is 0. The van der Waals surface area contributed by atoms with Gasteiger partial charge in [0.1, 0.15) is 17.3 Å². The first-order chi connectivity index (χ1) is 14.5. The van der Waals surface area contributed by atoms with Gasteiger partial charge in [-0.25, -0.2) is 4.39 Å². The van der Waals surface area contributed by atoms with Gasteiger partial charge in [-0.2, -0.15) is 0 Å². The van der Waals surface area contributed by atoms with Crippen LogP contribution in [0.3, 0.4) is 0 Å². The first kappa shape index (κ1) is 25.4. The predicted octanol–water partition coefficient (Wildman–Crippen LogP) is 4.00. The average molecular weight is 543 g/mol. The molecule has 1 atom stereocenters. The van der Waals surface area contributed by atoms with Crippen LogP contribution >= 0.6 is 24.0 Å². The van der Waals surface area contributed by atoms with Crippen LogP contribution in [0.15, 0.2) is 47.5 Å². The molecule has 6 nitrogen and oxygen atoms in total. The normalized spacial score (nSPS) is 18.4. The molecular formula is C23H31FIN3O3. The molecule has 0 amide bonds. The molecule has 2 aromatic carbocycles. The lowest BCUT2D eigenvalue weighted by Gasteiger charge is -2.27. The summed E-state index contributed by atoms with van der Waals surface area (Å²) in [7, 11) is 1.74. The van der Waals surface area contributed by atoms with Gasteiger partial charge in [0.2, 0.25) is 0 Å². The van der Waals surface area contributed by atoms with E-state index in [1.54, 1.807) is 19.2 Å².